The molecule has 8 heteroatoms. The quantitative estimate of drug-likeness (QED) is 0.792. The third kappa shape index (κ3) is 2.63. The maximum atomic E-state index is 12.1. The molecular weight excluding hydrogens is 312 g/mol. The summed E-state index contributed by atoms with van der Waals surface area (Å²) < 4.78 is 1.42. The number of hydrogen-bond acceptors (Lipinski definition) is 6. The van der Waals surface area contributed by atoms with Crippen LogP contribution in [0.25, 0.3) is 4.96 Å². The number of rotatable bonds is 3. The van der Waals surface area contributed by atoms with E-state index in [1.54, 1.807) is 12.3 Å². The van der Waals surface area contributed by atoms with Crippen LogP contribution in [-0.2, 0) is 6.42 Å². The zero-order valence-corrected chi connectivity index (χ0v) is 13.7. The van der Waals surface area contributed by atoms with Gasteiger partial charge in [0.1, 0.15) is 0 Å². The Morgan fingerprint density at radius 3 is 2.91 bits per heavy atom. The lowest BCUT2D eigenvalue weighted by molar-refractivity contribution is 0.494. The van der Waals surface area contributed by atoms with Crippen LogP contribution < -0.4 is 10.5 Å². The van der Waals surface area contributed by atoms with Gasteiger partial charge in [-0.15, -0.1) is 5.10 Å². The van der Waals surface area contributed by atoms with Crippen molar-refractivity contribution in [2.75, 3.05) is 18.0 Å². The zero-order valence-electron chi connectivity index (χ0n) is 12.9. The molecule has 0 bridgehead atoms. The first kappa shape index (κ1) is 14.4. The molecule has 3 aromatic rings. The molecule has 0 spiro atoms. The fraction of sp³-hybridized carbons (Fsp3) is 0.467. The smallest absolute Gasteiger partial charge is 0.275 e. The van der Waals surface area contributed by atoms with Crippen LogP contribution >= 0.6 is 11.3 Å². The summed E-state index contributed by atoms with van der Waals surface area (Å²) in [4.78, 5) is 19.5. The van der Waals surface area contributed by atoms with Gasteiger partial charge in [0.25, 0.3) is 5.56 Å². The number of H-pyrrole nitrogens is 1. The number of nitrogens with zero attached hydrogens (tertiary/aromatic N) is 5. The molecule has 1 aliphatic heterocycles. The minimum Gasteiger partial charge on any atom is -0.347 e. The monoisotopic (exact) mass is 330 g/mol. The van der Waals surface area contributed by atoms with Crippen molar-refractivity contribution >= 4 is 21.4 Å². The highest BCUT2D eigenvalue weighted by atomic mass is 32.1. The Bertz CT molecular complexity index is 860. The van der Waals surface area contributed by atoms with Crippen molar-refractivity contribution in [2.45, 2.75) is 32.1 Å². The summed E-state index contributed by atoms with van der Waals surface area (Å²) in [5, 5.41) is 12.4. The largest absolute Gasteiger partial charge is 0.347 e. The number of nitrogens with one attached hydrogen (secondary N) is 1. The summed E-state index contributed by atoms with van der Waals surface area (Å²) in [6.07, 6.45) is 4.68. The van der Waals surface area contributed by atoms with Gasteiger partial charge in [0, 0.05) is 42.7 Å². The molecule has 0 saturated carbocycles. The second kappa shape index (κ2) is 5.77. The molecule has 0 amide bonds. The molecule has 23 heavy (non-hydrogen) atoms. The molecule has 1 saturated heterocycles. The maximum Gasteiger partial charge on any atom is 0.275 e. The molecule has 0 radical (unpaired) electrons. The summed E-state index contributed by atoms with van der Waals surface area (Å²) >= 11 is 1.49. The Labute approximate surface area is 137 Å². The molecule has 1 aliphatic rings. The number of fused-ring (bicyclic) bond motifs is 1. The van der Waals surface area contributed by atoms with Gasteiger partial charge in [-0.2, -0.15) is 9.61 Å². The molecular formula is C15H18N6OS. The lowest BCUT2D eigenvalue weighted by atomic mass is 9.94. The molecule has 3 aromatic heterocycles. The first-order chi connectivity index (χ1) is 11.2. The van der Waals surface area contributed by atoms with E-state index in [2.05, 4.69) is 25.2 Å². The van der Waals surface area contributed by atoms with E-state index in [-0.39, 0.29) is 5.56 Å². The van der Waals surface area contributed by atoms with Crippen LogP contribution in [0.4, 0.5) is 5.13 Å². The molecule has 0 unspecified atom stereocenters. The normalized spacial score (nSPS) is 16.3. The van der Waals surface area contributed by atoms with Gasteiger partial charge >= 0.3 is 0 Å². The van der Waals surface area contributed by atoms with Crippen molar-refractivity contribution in [1.29, 1.82) is 0 Å². The lowest BCUT2D eigenvalue weighted by Crippen LogP contribution is -2.33. The van der Waals surface area contributed by atoms with Crippen LogP contribution in [-0.4, -0.2) is 37.9 Å². The Kier molecular flexibility index (Phi) is 3.60. The van der Waals surface area contributed by atoms with Crippen LogP contribution in [0, 0.1) is 0 Å². The van der Waals surface area contributed by atoms with Crippen molar-refractivity contribution < 1.29 is 0 Å². The molecule has 4 rings (SSSR count). The van der Waals surface area contributed by atoms with Gasteiger partial charge in [0.2, 0.25) is 10.1 Å². The van der Waals surface area contributed by atoms with Gasteiger partial charge in [-0.3, -0.25) is 9.89 Å². The van der Waals surface area contributed by atoms with Gasteiger partial charge in [-0.25, -0.2) is 4.98 Å². The van der Waals surface area contributed by atoms with Gasteiger partial charge in [0.15, 0.2) is 0 Å². The Morgan fingerprint density at radius 1 is 1.39 bits per heavy atom. The molecule has 4 heterocycles. The first-order valence-corrected chi connectivity index (χ1v) is 8.70. The summed E-state index contributed by atoms with van der Waals surface area (Å²) in [7, 11) is 0. The van der Waals surface area contributed by atoms with E-state index in [4.69, 9.17) is 0 Å². The van der Waals surface area contributed by atoms with E-state index in [0.29, 0.717) is 10.9 Å². The van der Waals surface area contributed by atoms with E-state index in [0.717, 1.165) is 43.2 Å². The second-order valence-corrected chi connectivity index (χ2v) is 6.73. The number of anilines is 1. The van der Waals surface area contributed by atoms with Crippen molar-refractivity contribution in [1.82, 2.24) is 24.8 Å². The highest BCUT2D eigenvalue weighted by molar-refractivity contribution is 7.20. The SMILES string of the molecule is CCc1cc(=O)n2nc(N3CCC(c4ccn[nH]4)CC3)sc2n1. The molecule has 0 atom stereocenters. The molecule has 1 N–H and O–H groups in total. The predicted octanol–water partition coefficient (Wildman–Crippen LogP) is 1.82. The number of aryl methyl sites for hydroxylation is 1. The van der Waals surface area contributed by atoms with Gasteiger partial charge < -0.3 is 4.90 Å². The van der Waals surface area contributed by atoms with E-state index >= 15 is 0 Å². The van der Waals surface area contributed by atoms with Crippen molar-refractivity contribution in [3.8, 4) is 0 Å². The number of aromatic nitrogens is 5. The second-order valence-electron chi connectivity index (χ2n) is 5.79. The van der Waals surface area contributed by atoms with E-state index in [9.17, 15) is 4.79 Å². The topological polar surface area (TPSA) is 79.2 Å². The Hall–Kier alpha value is -2.22. The fourth-order valence-corrected chi connectivity index (χ4v) is 4.01. The highest BCUT2D eigenvalue weighted by Crippen LogP contribution is 2.30. The van der Waals surface area contributed by atoms with E-state index in [1.165, 1.54) is 21.5 Å². The number of aromatic amines is 1. The predicted molar refractivity (Wildman–Crippen MR) is 89.3 cm³/mol. The van der Waals surface area contributed by atoms with Gasteiger partial charge in [0.05, 0.1) is 0 Å². The van der Waals surface area contributed by atoms with Crippen molar-refractivity contribution in [3.05, 3.63) is 40.1 Å². The van der Waals surface area contributed by atoms with Crippen LogP contribution in [0.3, 0.4) is 0 Å². The van der Waals surface area contributed by atoms with E-state index < -0.39 is 0 Å². The third-order valence-electron chi connectivity index (χ3n) is 4.38. The van der Waals surface area contributed by atoms with Crippen LogP contribution in [0.2, 0.25) is 0 Å². The van der Waals surface area contributed by atoms with Gasteiger partial charge in [-0.1, -0.05) is 18.3 Å². The average molecular weight is 330 g/mol. The first-order valence-electron chi connectivity index (χ1n) is 7.88. The number of piperidine rings is 1. The standard InChI is InChI=1S/C15H18N6OS/c1-2-11-9-13(22)21-14(17-11)23-15(19-21)20-7-4-10(5-8-20)12-3-6-16-18-12/h3,6,9-10H,2,4-5,7-8H2,1H3,(H,16,18). The Morgan fingerprint density at radius 2 is 2.22 bits per heavy atom. The summed E-state index contributed by atoms with van der Waals surface area (Å²) in [6.45, 7) is 3.86. The maximum absolute atomic E-state index is 12.1. The van der Waals surface area contributed by atoms with Gasteiger partial charge in [-0.05, 0) is 25.3 Å². The van der Waals surface area contributed by atoms with Crippen molar-refractivity contribution in [3.63, 3.8) is 0 Å². The summed E-state index contributed by atoms with van der Waals surface area (Å²) in [5.74, 6) is 0.524. The number of hydrogen-bond donors (Lipinski definition) is 1. The average Bonchev–Trinajstić information content (AvgIpc) is 3.24. The van der Waals surface area contributed by atoms with Crippen LogP contribution in [0.15, 0.2) is 23.1 Å². The highest BCUT2D eigenvalue weighted by Gasteiger charge is 2.24. The molecule has 0 aromatic carbocycles. The van der Waals surface area contributed by atoms with E-state index in [1.807, 2.05) is 13.0 Å². The minimum atomic E-state index is -0.0957. The third-order valence-corrected chi connectivity index (χ3v) is 5.35. The van der Waals surface area contributed by atoms with Crippen LogP contribution in [0.1, 0.15) is 37.1 Å². The molecule has 7 nitrogen and oxygen atoms in total. The fourth-order valence-electron chi connectivity index (χ4n) is 3.03. The van der Waals surface area contributed by atoms with Crippen LogP contribution in [0.5, 0.6) is 0 Å². The molecule has 1 fully saturated rings. The molecule has 120 valence electrons. The molecule has 0 aliphatic carbocycles. The lowest BCUT2D eigenvalue weighted by Gasteiger charge is -2.30. The van der Waals surface area contributed by atoms with Crippen molar-refractivity contribution in [2.24, 2.45) is 0 Å². The summed E-state index contributed by atoms with van der Waals surface area (Å²) in [6, 6.07) is 3.62. The Balaban J connectivity index is 1.56. The minimum absolute atomic E-state index is 0.0957. The summed E-state index contributed by atoms with van der Waals surface area (Å²) in [5.41, 5.74) is 1.93. The zero-order chi connectivity index (χ0) is 15.8.